The van der Waals surface area contributed by atoms with Gasteiger partial charge in [0.1, 0.15) is 0 Å². The van der Waals surface area contributed by atoms with Crippen molar-refractivity contribution >= 4 is 33.3 Å². The molecule has 0 aliphatic carbocycles. The fourth-order valence-electron chi connectivity index (χ4n) is 3.06. The lowest BCUT2D eigenvalue weighted by molar-refractivity contribution is -0.126. The first-order valence-electron chi connectivity index (χ1n) is 9.23. The molecule has 6 nitrogen and oxygen atoms in total. The van der Waals surface area contributed by atoms with Gasteiger partial charge in [0.25, 0.3) is 0 Å². The summed E-state index contributed by atoms with van der Waals surface area (Å²) < 4.78 is 26.6. The van der Waals surface area contributed by atoms with Crippen LogP contribution in [0.15, 0.2) is 53.3 Å². The number of carbonyl (C=O) groups is 1. The van der Waals surface area contributed by atoms with Gasteiger partial charge in [0.05, 0.1) is 12.6 Å². The van der Waals surface area contributed by atoms with Crippen molar-refractivity contribution in [2.45, 2.75) is 19.5 Å². The molecule has 150 valence electrons. The Labute approximate surface area is 170 Å². The lowest BCUT2D eigenvalue weighted by atomic mass is 10.2. The van der Waals surface area contributed by atoms with Crippen molar-refractivity contribution in [2.24, 2.45) is 0 Å². The van der Waals surface area contributed by atoms with Crippen molar-refractivity contribution in [1.29, 1.82) is 0 Å². The number of amides is 1. The first-order chi connectivity index (χ1) is 13.5. The summed E-state index contributed by atoms with van der Waals surface area (Å²) in [5.41, 5.74) is 0.848. The standard InChI is InChI=1S/C20H25N3O3S2/c1-17(20(24)21-16-19-8-5-14-27-19)22-10-12-23(13-11-22)28(25,26)15-9-18-6-3-2-4-7-18/h2-9,14-15,17H,10-13,16H2,1H3,(H,21,24)/b15-9+/t17-/m0/s1. The maximum absolute atomic E-state index is 12.5. The van der Waals surface area contributed by atoms with Crippen LogP contribution in [-0.4, -0.2) is 55.8 Å². The van der Waals surface area contributed by atoms with E-state index in [4.69, 9.17) is 0 Å². The third-order valence-corrected chi connectivity index (χ3v) is 7.25. The topological polar surface area (TPSA) is 69.7 Å². The van der Waals surface area contributed by atoms with E-state index in [1.54, 1.807) is 17.4 Å². The average Bonchev–Trinajstić information content (AvgIpc) is 3.24. The third-order valence-electron chi connectivity index (χ3n) is 4.81. The van der Waals surface area contributed by atoms with Gasteiger partial charge >= 0.3 is 0 Å². The first kappa shape index (κ1) is 20.7. The van der Waals surface area contributed by atoms with Gasteiger partial charge in [-0.3, -0.25) is 9.69 Å². The van der Waals surface area contributed by atoms with Gasteiger partial charge in [0.15, 0.2) is 0 Å². The Balaban J connectivity index is 1.50. The molecule has 1 saturated heterocycles. The number of carbonyl (C=O) groups excluding carboxylic acids is 1. The summed E-state index contributed by atoms with van der Waals surface area (Å²) in [5, 5.41) is 6.19. The Hall–Kier alpha value is -2.00. The predicted octanol–water partition coefficient (Wildman–Crippen LogP) is 2.37. The number of hydrogen-bond acceptors (Lipinski definition) is 5. The highest BCUT2D eigenvalue weighted by Gasteiger charge is 2.29. The van der Waals surface area contributed by atoms with Gasteiger partial charge in [0.2, 0.25) is 15.9 Å². The van der Waals surface area contributed by atoms with E-state index in [2.05, 4.69) is 5.32 Å². The van der Waals surface area contributed by atoms with Gasteiger partial charge < -0.3 is 5.32 Å². The molecule has 0 unspecified atom stereocenters. The summed E-state index contributed by atoms with van der Waals surface area (Å²) in [5.74, 6) is -0.0336. The minimum absolute atomic E-state index is 0.0336. The highest BCUT2D eigenvalue weighted by Crippen LogP contribution is 2.14. The molecule has 2 aromatic rings. The number of nitrogens with one attached hydrogen (secondary N) is 1. The molecule has 0 saturated carbocycles. The van der Waals surface area contributed by atoms with Crippen molar-refractivity contribution in [3.05, 3.63) is 63.7 Å². The van der Waals surface area contributed by atoms with Gasteiger partial charge in [-0.05, 0) is 30.0 Å². The zero-order valence-corrected chi connectivity index (χ0v) is 17.5. The molecule has 1 aliphatic heterocycles. The number of hydrogen-bond donors (Lipinski definition) is 1. The molecule has 8 heteroatoms. The second-order valence-electron chi connectivity index (χ2n) is 6.67. The monoisotopic (exact) mass is 419 g/mol. The predicted molar refractivity (Wildman–Crippen MR) is 113 cm³/mol. The zero-order valence-electron chi connectivity index (χ0n) is 15.8. The van der Waals surface area contributed by atoms with Crippen LogP contribution in [0.2, 0.25) is 0 Å². The molecular formula is C20H25N3O3S2. The summed E-state index contributed by atoms with van der Waals surface area (Å²) in [4.78, 5) is 15.5. The molecule has 0 radical (unpaired) electrons. The van der Waals surface area contributed by atoms with Crippen LogP contribution >= 0.6 is 11.3 Å². The first-order valence-corrected chi connectivity index (χ1v) is 11.6. The van der Waals surface area contributed by atoms with Gasteiger partial charge in [-0.1, -0.05) is 36.4 Å². The van der Waals surface area contributed by atoms with Crippen LogP contribution in [-0.2, 0) is 21.4 Å². The Morgan fingerprint density at radius 1 is 1.14 bits per heavy atom. The minimum Gasteiger partial charge on any atom is -0.350 e. The maximum Gasteiger partial charge on any atom is 0.237 e. The summed E-state index contributed by atoms with van der Waals surface area (Å²) >= 11 is 1.61. The molecule has 3 rings (SSSR count). The molecule has 1 amide bonds. The van der Waals surface area contributed by atoms with E-state index in [1.807, 2.05) is 59.7 Å². The van der Waals surface area contributed by atoms with Crippen LogP contribution < -0.4 is 5.32 Å². The highest BCUT2D eigenvalue weighted by molar-refractivity contribution is 7.92. The molecule has 0 spiro atoms. The zero-order chi connectivity index (χ0) is 20.0. The molecule has 1 N–H and O–H groups in total. The Morgan fingerprint density at radius 3 is 2.50 bits per heavy atom. The molecule has 2 heterocycles. The van der Waals surface area contributed by atoms with Gasteiger partial charge in [-0.25, -0.2) is 8.42 Å². The van der Waals surface area contributed by atoms with E-state index in [0.29, 0.717) is 32.7 Å². The third kappa shape index (κ3) is 5.51. The van der Waals surface area contributed by atoms with Gasteiger partial charge in [-0.2, -0.15) is 4.31 Å². The second-order valence-corrected chi connectivity index (χ2v) is 9.52. The van der Waals surface area contributed by atoms with E-state index in [1.165, 1.54) is 9.71 Å². The van der Waals surface area contributed by atoms with Gasteiger partial charge in [-0.15, -0.1) is 11.3 Å². The number of piperazine rings is 1. The molecule has 0 bridgehead atoms. The number of thiophene rings is 1. The minimum atomic E-state index is -3.46. The number of rotatable bonds is 7. The molecule has 1 aromatic carbocycles. The Bertz CT molecular complexity index is 888. The van der Waals surface area contributed by atoms with Crippen molar-refractivity contribution in [2.75, 3.05) is 26.2 Å². The molecule has 1 atom stereocenters. The van der Waals surface area contributed by atoms with E-state index >= 15 is 0 Å². The molecule has 28 heavy (non-hydrogen) atoms. The van der Waals surface area contributed by atoms with Crippen LogP contribution in [0.4, 0.5) is 0 Å². The van der Waals surface area contributed by atoms with Crippen LogP contribution in [0.5, 0.6) is 0 Å². The van der Waals surface area contributed by atoms with Crippen LogP contribution in [0, 0.1) is 0 Å². The quantitative estimate of drug-likeness (QED) is 0.748. The SMILES string of the molecule is C[C@@H](C(=O)NCc1cccs1)N1CCN(S(=O)(=O)/C=C/c2ccccc2)CC1. The smallest absolute Gasteiger partial charge is 0.237 e. The number of benzene rings is 1. The summed E-state index contributed by atoms with van der Waals surface area (Å²) in [6.07, 6.45) is 1.61. The van der Waals surface area contributed by atoms with E-state index in [0.717, 1.165) is 10.4 Å². The van der Waals surface area contributed by atoms with E-state index in [-0.39, 0.29) is 11.9 Å². The normalized spacial score (nSPS) is 17.6. The molecule has 1 fully saturated rings. The highest BCUT2D eigenvalue weighted by atomic mass is 32.2. The number of nitrogens with zero attached hydrogens (tertiary/aromatic N) is 2. The Morgan fingerprint density at radius 2 is 1.86 bits per heavy atom. The van der Waals surface area contributed by atoms with Gasteiger partial charge in [0, 0.05) is 36.5 Å². The van der Waals surface area contributed by atoms with Crippen molar-refractivity contribution < 1.29 is 13.2 Å². The fraction of sp³-hybridized carbons (Fsp3) is 0.350. The van der Waals surface area contributed by atoms with Crippen LogP contribution in [0.1, 0.15) is 17.4 Å². The summed E-state index contributed by atoms with van der Waals surface area (Å²) in [6, 6.07) is 13.0. The van der Waals surface area contributed by atoms with E-state index in [9.17, 15) is 13.2 Å². The van der Waals surface area contributed by atoms with Crippen LogP contribution in [0.25, 0.3) is 6.08 Å². The van der Waals surface area contributed by atoms with E-state index < -0.39 is 10.0 Å². The van der Waals surface area contributed by atoms with Crippen molar-refractivity contribution in [3.63, 3.8) is 0 Å². The average molecular weight is 420 g/mol. The summed E-state index contributed by atoms with van der Waals surface area (Å²) in [6.45, 7) is 4.22. The summed E-state index contributed by atoms with van der Waals surface area (Å²) in [7, 11) is -3.46. The van der Waals surface area contributed by atoms with Crippen LogP contribution in [0.3, 0.4) is 0 Å². The molecular weight excluding hydrogens is 394 g/mol. The molecule has 1 aromatic heterocycles. The largest absolute Gasteiger partial charge is 0.350 e. The molecule has 1 aliphatic rings. The lowest BCUT2D eigenvalue weighted by Crippen LogP contribution is -2.54. The van der Waals surface area contributed by atoms with Crippen molar-refractivity contribution in [1.82, 2.24) is 14.5 Å². The van der Waals surface area contributed by atoms with Crippen molar-refractivity contribution in [3.8, 4) is 0 Å². The lowest BCUT2D eigenvalue weighted by Gasteiger charge is -2.36. The number of sulfonamides is 1. The fourth-order valence-corrected chi connectivity index (χ4v) is 4.88. The Kier molecular flexibility index (Phi) is 7.01. The maximum atomic E-state index is 12.5. The second kappa shape index (κ2) is 9.47.